The predicted octanol–water partition coefficient (Wildman–Crippen LogP) is 5.09. The molecule has 3 N–H and O–H groups in total. The number of aliphatic hydroxyl groups is 1. The Bertz CT molecular complexity index is 1460. The van der Waals surface area contributed by atoms with Crippen LogP contribution in [0, 0.1) is 0 Å². The summed E-state index contributed by atoms with van der Waals surface area (Å²) in [5.74, 6) is 0.626. The number of amides is 1. The highest BCUT2D eigenvalue weighted by molar-refractivity contribution is 9.10. The van der Waals surface area contributed by atoms with Crippen molar-refractivity contribution < 1.29 is 19.4 Å². The summed E-state index contributed by atoms with van der Waals surface area (Å²) >= 11 is 3.50. The van der Waals surface area contributed by atoms with Gasteiger partial charge in [-0.25, -0.2) is 10.4 Å². The molecule has 11 nitrogen and oxygen atoms in total. The number of aliphatic hydroxyl groups excluding tert-OH is 1. The van der Waals surface area contributed by atoms with Gasteiger partial charge in [-0.1, -0.05) is 57.4 Å². The number of hydrazine groups is 1. The molecule has 2 atom stereocenters. The zero-order valence-electron chi connectivity index (χ0n) is 24.9. The first kappa shape index (κ1) is 33.0. The fraction of sp³-hybridized carbons (Fsp3) is 0.375. The Hall–Kier alpha value is -3.93. The van der Waals surface area contributed by atoms with Crippen molar-refractivity contribution in [3.05, 3.63) is 110 Å². The van der Waals surface area contributed by atoms with E-state index < -0.39 is 11.6 Å². The number of nitrogens with one attached hydrogen (secondary N) is 2. The standard InChI is InChI=1S/C32H38BrN7O4/c1-40(2)18-5-17-35-38-31(42)32(21-23-9-13-26(33)14-10-23)29(28-8-4-3-7-25(28)22-36-39-34)44-30(37-32)24-11-15-27(16-12-24)43-20-6-19-41/h3-4,7-16,29,35,41H,5-6,17-22H2,1-2H3,(H,38,42)/t29-,32-/m0/s1. The molecule has 1 heterocycles. The summed E-state index contributed by atoms with van der Waals surface area (Å²) in [6.07, 6.45) is 0.794. The van der Waals surface area contributed by atoms with E-state index in [1.165, 1.54) is 0 Å². The third-order valence-corrected chi connectivity index (χ3v) is 7.70. The summed E-state index contributed by atoms with van der Waals surface area (Å²) in [6, 6.07) is 22.6. The molecule has 0 aliphatic carbocycles. The minimum Gasteiger partial charge on any atom is -0.494 e. The third-order valence-electron chi connectivity index (χ3n) is 7.17. The second-order valence-corrected chi connectivity index (χ2v) is 11.6. The number of aliphatic imine (C=N–C) groups is 1. The summed E-state index contributed by atoms with van der Waals surface area (Å²) in [7, 11) is 4.01. The fourth-order valence-corrected chi connectivity index (χ4v) is 5.21. The summed E-state index contributed by atoms with van der Waals surface area (Å²) in [5.41, 5.74) is 16.7. The summed E-state index contributed by atoms with van der Waals surface area (Å²) in [6.45, 7) is 1.99. The highest BCUT2D eigenvalue weighted by Gasteiger charge is 2.53. The number of nitrogens with zero attached hydrogens (tertiary/aromatic N) is 5. The Balaban J connectivity index is 1.76. The number of rotatable bonds is 16. The van der Waals surface area contributed by atoms with E-state index in [1.807, 2.05) is 86.9 Å². The largest absolute Gasteiger partial charge is 0.494 e. The lowest BCUT2D eigenvalue weighted by Gasteiger charge is -2.32. The van der Waals surface area contributed by atoms with Gasteiger partial charge in [0, 0.05) is 40.9 Å². The molecular formula is C32H38BrN7O4. The van der Waals surface area contributed by atoms with Gasteiger partial charge in [0.05, 0.1) is 13.2 Å². The van der Waals surface area contributed by atoms with Gasteiger partial charge in [0.1, 0.15) is 5.75 Å². The van der Waals surface area contributed by atoms with Crippen LogP contribution in [0.4, 0.5) is 0 Å². The van der Waals surface area contributed by atoms with Gasteiger partial charge in [-0.3, -0.25) is 10.2 Å². The van der Waals surface area contributed by atoms with Crippen LogP contribution >= 0.6 is 15.9 Å². The molecule has 0 fully saturated rings. The molecule has 3 aromatic rings. The molecule has 1 aliphatic rings. The highest BCUT2D eigenvalue weighted by atomic mass is 79.9. The monoisotopic (exact) mass is 663 g/mol. The maximum atomic E-state index is 14.3. The zero-order chi connectivity index (χ0) is 31.4. The molecule has 0 saturated carbocycles. The topological polar surface area (TPSA) is 144 Å². The fourth-order valence-electron chi connectivity index (χ4n) is 4.95. The Morgan fingerprint density at radius 3 is 2.59 bits per heavy atom. The van der Waals surface area contributed by atoms with Crippen molar-refractivity contribution in [3.8, 4) is 5.75 Å². The van der Waals surface area contributed by atoms with E-state index in [4.69, 9.17) is 25.1 Å². The molecule has 4 rings (SSSR count). The van der Waals surface area contributed by atoms with Crippen LogP contribution in [0.15, 0.2) is 87.4 Å². The van der Waals surface area contributed by atoms with Gasteiger partial charge in [0.25, 0.3) is 5.91 Å². The summed E-state index contributed by atoms with van der Waals surface area (Å²) in [5, 5.41) is 12.9. The first-order valence-corrected chi connectivity index (χ1v) is 15.3. The van der Waals surface area contributed by atoms with Gasteiger partial charge in [0.15, 0.2) is 11.6 Å². The number of azide groups is 1. The number of hydrogen-bond acceptors (Lipinski definition) is 8. The average molecular weight is 665 g/mol. The van der Waals surface area contributed by atoms with Crippen LogP contribution in [-0.4, -0.2) is 67.7 Å². The second kappa shape index (κ2) is 16.2. The number of hydrogen-bond donors (Lipinski definition) is 3. The second-order valence-electron chi connectivity index (χ2n) is 10.7. The Morgan fingerprint density at radius 2 is 1.89 bits per heavy atom. The van der Waals surface area contributed by atoms with Crippen LogP contribution in [0.2, 0.25) is 0 Å². The number of carbonyl (C=O) groups is 1. The molecule has 0 aromatic heterocycles. The molecule has 3 aromatic carbocycles. The van der Waals surface area contributed by atoms with Gasteiger partial charge in [-0.2, -0.15) is 0 Å². The van der Waals surface area contributed by atoms with Gasteiger partial charge in [-0.05, 0) is 85.7 Å². The zero-order valence-corrected chi connectivity index (χ0v) is 26.5. The van der Waals surface area contributed by atoms with Crippen molar-refractivity contribution in [3.63, 3.8) is 0 Å². The van der Waals surface area contributed by atoms with E-state index >= 15 is 0 Å². The van der Waals surface area contributed by atoms with Crippen LogP contribution in [0.3, 0.4) is 0 Å². The van der Waals surface area contributed by atoms with Crippen molar-refractivity contribution in [2.75, 3.05) is 40.4 Å². The van der Waals surface area contributed by atoms with Crippen LogP contribution < -0.4 is 15.6 Å². The molecule has 0 unspecified atom stereocenters. The maximum absolute atomic E-state index is 14.3. The summed E-state index contributed by atoms with van der Waals surface area (Å²) < 4.78 is 13.2. The Kier molecular flexibility index (Phi) is 12.2. The van der Waals surface area contributed by atoms with Crippen molar-refractivity contribution >= 4 is 27.7 Å². The van der Waals surface area contributed by atoms with Crippen molar-refractivity contribution in [2.45, 2.75) is 37.5 Å². The summed E-state index contributed by atoms with van der Waals surface area (Å²) in [4.78, 5) is 24.4. The molecule has 12 heteroatoms. The lowest BCUT2D eigenvalue weighted by atomic mass is 9.81. The quantitative estimate of drug-likeness (QED) is 0.0640. The molecule has 0 saturated heterocycles. The highest BCUT2D eigenvalue weighted by Crippen LogP contribution is 2.43. The molecule has 232 valence electrons. The number of carbonyl (C=O) groups excluding carboxylic acids is 1. The smallest absolute Gasteiger partial charge is 0.266 e. The van der Waals surface area contributed by atoms with Gasteiger partial charge in [-0.15, -0.1) is 0 Å². The maximum Gasteiger partial charge on any atom is 0.266 e. The molecule has 44 heavy (non-hydrogen) atoms. The number of ether oxygens (including phenoxy) is 2. The third kappa shape index (κ3) is 8.58. The van der Waals surface area contributed by atoms with Crippen LogP contribution in [-0.2, 0) is 22.5 Å². The van der Waals surface area contributed by atoms with E-state index in [0.717, 1.165) is 28.6 Å². The van der Waals surface area contributed by atoms with E-state index in [9.17, 15) is 4.79 Å². The minimum absolute atomic E-state index is 0.0539. The van der Waals surface area contributed by atoms with Crippen LogP contribution in [0.5, 0.6) is 5.75 Å². The van der Waals surface area contributed by atoms with Crippen LogP contribution in [0.25, 0.3) is 10.4 Å². The van der Waals surface area contributed by atoms with Gasteiger partial charge in [0.2, 0.25) is 5.90 Å². The van der Waals surface area contributed by atoms with E-state index in [0.29, 0.717) is 42.3 Å². The SMILES string of the molecule is CN(C)CCCNNC(=O)[C@@]1(Cc2ccc(Br)cc2)N=C(c2ccc(OCCCO)cc2)O[C@H]1c1ccccc1CN=[N+]=[N-]. The molecule has 1 amide bonds. The van der Waals surface area contributed by atoms with Crippen molar-refractivity contribution in [2.24, 2.45) is 10.1 Å². The molecular weight excluding hydrogens is 626 g/mol. The molecule has 0 bridgehead atoms. The average Bonchev–Trinajstić information content (AvgIpc) is 3.41. The molecule has 1 aliphatic heterocycles. The number of benzene rings is 3. The molecule has 0 radical (unpaired) electrons. The normalized spacial score (nSPS) is 17.5. The number of halogens is 1. The van der Waals surface area contributed by atoms with Gasteiger partial charge < -0.3 is 19.5 Å². The van der Waals surface area contributed by atoms with Crippen molar-refractivity contribution in [1.29, 1.82) is 0 Å². The Morgan fingerprint density at radius 1 is 1.14 bits per heavy atom. The van der Waals surface area contributed by atoms with Gasteiger partial charge >= 0.3 is 0 Å². The first-order valence-electron chi connectivity index (χ1n) is 14.5. The van der Waals surface area contributed by atoms with E-state index in [1.54, 1.807) is 0 Å². The Labute approximate surface area is 266 Å². The lowest BCUT2D eigenvalue weighted by Crippen LogP contribution is -2.54. The first-order chi connectivity index (χ1) is 21.4. The van der Waals surface area contributed by atoms with Crippen molar-refractivity contribution in [1.82, 2.24) is 15.8 Å². The lowest BCUT2D eigenvalue weighted by molar-refractivity contribution is -0.130. The van der Waals surface area contributed by atoms with Crippen LogP contribution in [0.1, 0.15) is 41.2 Å². The predicted molar refractivity (Wildman–Crippen MR) is 173 cm³/mol. The minimum atomic E-state index is -1.40. The van der Waals surface area contributed by atoms with E-state index in [2.05, 4.69) is 41.7 Å². The molecule has 0 spiro atoms. The van der Waals surface area contributed by atoms with E-state index in [-0.39, 0.29) is 25.5 Å².